The number of rotatable bonds is 3. The molecular weight excluding hydrogens is 370 g/mol. The number of fused-ring (bicyclic) bond motifs is 1. The molecule has 2 aromatic carbocycles. The van der Waals surface area contributed by atoms with Gasteiger partial charge in [-0.05, 0) is 36.8 Å². The largest absolute Gasteiger partial charge is 0.436 e. The third-order valence-electron chi connectivity index (χ3n) is 4.30. The Labute approximate surface area is 158 Å². The van der Waals surface area contributed by atoms with E-state index in [-0.39, 0.29) is 18.7 Å². The van der Waals surface area contributed by atoms with Crippen molar-refractivity contribution in [1.82, 2.24) is 15.6 Å². The predicted octanol–water partition coefficient (Wildman–Crippen LogP) is 2.68. The molecule has 3 aromatic rings. The quantitative estimate of drug-likeness (QED) is 0.677. The zero-order valence-corrected chi connectivity index (χ0v) is 14.7. The summed E-state index contributed by atoms with van der Waals surface area (Å²) in [6.07, 6.45) is 0.472. The summed E-state index contributed by atoms with van der Waals surface area (Å²) in [5, 5.41) is 5.36. The lowest BCUT2D eigenvalue weighted by Crippen LogP contribution is -2.52. The fourth-order valence-corrected chi connectivity index (χ4v) is 3.11. The summed E-state index contributed by atoms with van der Waals surface area (Å²) in [6.45, 7) is 0. The molecule has 0 radical (unpaired) electrons. The number of benzene rings is 2. The van der Waals surface area contributed by atoms with Gasteiger partial charge in [-0.25, -0.2) is 4.98 Å². The zero-order chi connectivity index (χ0) is 19.0. The van der Waals surface area contributed by atoms with E-state index in [2.05, 4.69) is 15.6 Å². The van der Waals surface area contributed by atoms with E-state index in [1.807, 2.05) is 12.1 Å². The van der Waals surface area contributed by atoms with Crippen LogP contribution in [-0.4, -0.2) is 28.7 Å². The van der Waals surface area contributed by atoms with Crippen LogP contribution in [0, 0.1) is 0 Å². The van der Waals surface area contributed by atoms with Crippen LogP contribution < -0.4 is 10.6 Å². The number of hydrogen-bond acceptors (Lipinski definition) is 5. The van der Waals surface area contributed by atoms with Crippen LogP contribution in [0.15, 0.2) is 46.9 Å². The molecule has 2 N–H and O–H groups in total. The van der Waals surface area contributed by atoms with Crippen molar-refractivity contribution in [2.24, 2.45) is 0 Å². The maximum absolute atomic E-state index is 12.5. The molecule has 0 bridgehead atoms. The molecule has 0 spiro atoms. The molecule has 7 nitrogen and oxygen atoms in total. The Bertz CT molecular complexity index is 1080. The van der Waals surface area contributed by atoms with E-state index >= 15 is 0 Å². The number of nitrogens with one attached hydrogen (secondary N) is 2. The van der Waals surface area contributed by atoms with Crippen molar-refractivity contribution in [3.63, 3.8) is 0 Å². The molecule has 1 aliphatic rings. The lowest BCUT2D eigenvalue weighted by Gasteiger charge is -2.21. The lowest BCUT2D eigenvalue weighted by molar-refractivity contribution is -0.134. The first kappa shape index (κ1) is 17.2. The van der Waals surface area contributed by atoms with Crippen molar-refractivity contribution in [1.29, 1.82) is 0 Å². The molecule has 136 valence electrons. The number of aromatic nitrogens is 1. The molecule has 1 aromatic heterocycles. The molecule has 8 heteroatoms. The number of hydrogen-bond donors (Lipinski definition) is 2. The number of carbonyl (C=O) groups is 3. The summed E-state index contributed by atoms with van der Waals surface area (Å²) in [5.41, 5.74) is 2.01. The van der Waals surface area contributed by atoms with E-state index in [4.69, 9.17) is 16.0 Å². The van der Waals surface area contributed by atoms with Gasteiger partial charge in [0.2, 0.25) is 17.7 Å². The molecule has 1 saturated heterocycles. The molecule has 1 aliphatic heterocycles. The summed E-state index contributed by atoms with van der Waals surface area (Å²) in [5.74, 6) is -0.892. The van der Waals surface area contributed by atoms with Gasteiger partial charge < -0.3 is 9.73 Å². The summed E-state index contributed by atoms with van der Waals surface area (Å²) < 4.78 is 5.72. The molecule has 1 atom stereocenters. The second-order valence-electron chi connectivity index (χ2n) is 6.16. The molecule has 0 saturated carbocycles. The summed E-state index contributed by atoms with van der Waals surface area (Å²) in [4.78, 5) is 39.8. The Morgan fingerprint density at radius 2 is 2.04 bits per heavy atom. The van der Waals surface area contributed by atoms with Crippen LogP contribution in [0.3, 0.4) is 0 Å². The minimum Gasteiger partial charge on any atom is -0.436 e. The van der Waals surface area contributed by atoms with Crippen LogP contribution in [0.4, 0.5) is 0 Å². The van der Waals surface area contributed by atoms with Crippen molar-refractivity contribution in [3.8, 4) is 11.5 Å². The van der Waals surface area contributed by atoms with Crippen molar-refractivity contribution in [2.75, 3.05) is 0 Å². The first-order valence-corrected chi connectivity index (χ1v) is 8.69. The predicted molar refractivity (Wildman–Crippen MR) is 98.1 cm³/mol. The first-order chi connectivity index (χ1) is 13.0. The third-order valence-corrected chi connectivity index (χ3v) is 4.63. The van der Waals surface area contributed by atoms with E-state index in [0.29, 0.717) is 33.1 Å². The van der Waals surface area contributed by atoms with Gasteiger partial charge in [0.25, 0.3) is 5.91 Å². The standard InChI is InChI=1S/C19H14ClN3O4/c20-12-4-2-1-3-11(12)19-22-14-9-10(5-7-15(14)27-19)17(25)21-13-6-8-16(24)23-18(13)26/h1-5,7,9,13H,6,8H2,(H,21,25)(H,23,24,26). The van der Waals surface area contributed by atoms with Crippen molar-refractivity contribution in [2.45, 2.75) is 18.9 Å². The topological polar surface area (TPSA) is 101 Å². The summed E-state index contributed by atoms with van der Waals surface area (Å²) in [7, 11) is 0. The van der Waals surface area contributed by atoms with E-state index in [9.17, 15) is 14.4 Å². The Hall–Kier alpha value is -3.19. The normalized spacial score (nSPS) is 17.0. The monoisotopic (exact) mass is 383 g/mol. The first-order valence-electron chi connectivity index (χ1n) is 8.31. The Balaban J connectivity index is 1.58. The average molecular weight is 384 g/mol. The van der Waals surface area contributed by atoms with Gasteiger partial charge in [0.15, 0.2) is 5.58 Å². The van der Waals surface area contributed by atoms with Crippen LogP contribution in [0.2, 0.25) is 5.02 Å². The van der Waals surface area contributed by atoms with Gasteiger partial charge in [-0.15, -0.1) is 0 Å². The second-order valence-corrected chi connectivity index (χ2v) is 6.57. The van der Waals surface area contributed by atoms with Crippen molar-refractivity contribution >= 4 is 40.4 Å². The second kappa shape index (κ2) is 6.85. The number of oxazole rings is 1. The molecule has 2 heterocycles. The van der Waals surface area contributed by atoms with Crippen molar-refractivity contribution in [3.05, 3.63) is 53.1 Å². The molecule has 27 heavy (non-hydrogen) atoms. The number of imide groups is 1. The number of nitrogens with zero attached hydrogens (tertiary/aromatic N) is 1. The highest BCUT2D eigenvalue weighted by Crippen LogP contribution is 2.30. The number of halogens is 1. The van der Waals surface area contributed by atoms with Crippen LogP contribution in [-0.2, 0) is 9.59 Å². The van der Waals surface area contributed by atoms with Gasteiger partial charge >= 0.3 is 0 Å². The Morgan fingerprint density at radius 3 is 2.81 bits per heavy atom. The van der Waals surface area contributed by atoms with Gasteiger partial charge in [-0.1, -0.05) is 23.7 Å². The number of carbonyl (C=O) groups excluding carboxylic acids is 3. The minimum absolute atomic E-state index is 0.195. The number of piperidine rings is 1. The highest BCUT2D eigenvalue weighted by atomic mass is 35.5. The van der Waals surface area contributed by atoms with Gasteiger partial charge in [0.1, 0.15) is 11.6 Å². The maximum Gasteiger partial charge on any atom is 0.252 e. The number of amides is 3. The minimum atomic E-state index is -0.734. The van der Waals surface area contributed by atoms with Crippen LogP contribution >= 0.6 is 11.6 Å². The lowest BCUT2D eigenvalue weighted by atomic mass is 10.1. The highest BCUT2D eigenvalue weighted by Gasteiger charge is 2.28. The molecule has 1 fully saturated rings. The van der Waals surface area contributed by atoms with E-state index in [1.54, 1.807) is 30.3 Å². The highest BCUT2D eigenvalue weighted by molar-refractivity contribution is 6.33. The van der Waals surface area contributed by atoms with E-state index < -0.39 is 17.9 Å². The molecule has 4 rings (SSSR count). The molecule has 3 amide bonds. The fraction of sp³-hybridized carbons (Fsp3) is 0.158. The SMILES string of the molecule is O=C1CCC(NC(=O)c2ccc3oc(-c4ccccc4Cl)nc3c2)C(=O)N1. The van der Waals surface area contributed by atoms with Crippen LogP contribution in [0.5, 0.6) is 0 Å². The van der Waals surface area contributed by atoms with E-state index in [1.165, 1.54) is 0 Å². The average Bonchev–Trinajstić information content (AvgIpc) is 3.07. The Morgan fingerprint density at radius 1 is 1.22 bits per heavy atom. The maximum atomic E-state index is 12.5. The Kier molecular flexibility index (Phi) is 4.37. The van der Waals surface area contributed by atoms with Crippen LogP contribution in [0.25, 0.3) is 22.6 Å². The van der Waals surface area contributed by atoms with Gasteiger partial charge in [-0.3, -0.25) is 19.7 Å². The molecule has 1 unspecified atom stereocenters. The third kappa shape index (κ3) is 3.41. The zero-order valence-electron chi connectivity index (χ0n) is 14.0. The molecular formula is C19H14ClN3O4. The van der Waals surface area contributed by atoms with E-state index in [0.717, 1.165) is 0 Å². The summed E-state index contributed by atoms with van der Waals surface area (Å²) in [6, 6.07) is 11.3. The smallest absolute Gasteiger partial charge is 0.252 e. The summed E-state index contributed by atoms with van der Waals surface area (Å²) >= 11 is 6.17. The van der Waals surface area contributed by atoms with Crippen LogP contribution in [0.1, 0.15) is 23.2 Å². The van der Waals surface area contributed by atoms with Crippen molar-refractivity contribution < 1.29 is 18.8 Å². The molecule has 0 aliphatic carbocycles. The fourth-order valence-electron chi connectivity index (χ4n) is 2.89. The van der Waals surface area contributed by atoms with Gasteiger partial charge in [0, 0.05) is 12.0 Å². The van der Waals surface area contributed by atoms with Gasteiger partial charge in [-0.2, -0.15) is 0 Å². The van der Waals surface area contributed by atoms with Gasteiger partial charge in [0.05, 0.1) is 10.6 Å².